The summed E-state index contributed by atoms with van der Waals surface area (Å²) in [6.45, 7) is 5.86. The summed E-state index contributed by atoms with van der Waals surface area (Å²) in [5.41, 5.74) is 8.09. The van der Waals surface area contributed by atoms with Crippen LogP contribution in [0.15, 0.2) is 65.1 Å². The molecule has 0 amide bonds. The summed E-state index contributed by atoms with van der Waals surface area (Å²) in [4.78, 5) is 26.9. The number of anilines is 1. The zero-order valence-corrected chi connectivity index (χ0v) is 22.0. The molecule has 1 atom stereocenters. The maximum absolute atomic E-state index is 15.5. The molecule has 1 aliphatic rings. The number of halogens is 2. The van der Waals surface area contributed by atoms with E-state index in [4.69, 9.17) is 15.2 Å². The second-order valence-corrected chi connectivity index (χ2v) is 13.8. The normalized spacial score (nSPS) is 15.5. The number of ether oxygens (including phenoxy) is 2. The molecule has 1 heterocycles. The zero-order chi connectivity index (χ0) is 27.5. The molecule has 1 unspecified atom stereocenters. The molecule has 2 aromatic carbocycles. The lowest BCUT2D eigenvalue weighted by atomic mass is 9.81. The van der Waals surface area contributed by atoms with Crippen molar-refractivity contribution in [3.63, 3.8) is 0 Å². The zero-order valence-electron chi connectivity index (χ0n) is 21.0. The van der Waals surface area contributed by atoms with Crippen LogP contribution in [0.1, 0.15) is 17.0 Å². The molecule has 2 aromatic rings. The van der Waals surface area contributed by atoms with E-state index in [9.17, 15) is 14.9 Å². The molecule has 0 spiro atoms. The third-order valence-corrected chi connectivity index (χ3v) is 6.36. The Kier molecular flexibility index (Phi) is 7.85. The van der Waals surface area contributed by atoms with Gasteiger partial charge in [0, 0.05) is 0 Å². The van der Waals surface area contributed by atoms with Crippen molar-refractivity contribution < 1.29 is 27.8 Å². The number of carbonyl (C=O) groups excluding carboxylic acids is 2. The van der Waals surface area contributed by atoms with Gasteiger partial charge in [-0.1, -0.05) is 55.9 Å². The van der Waals surface area contributed by atoms with Crippen LogP contribution in [0.5, 0.6) is 0 Å². The lowest BCUT2D eigenvalue weighted by Gasteiger charge is -2.36. The van der Waals surface area contributed by atoms with E-state index in [1.54, 1.807) is 30.3 Å². The molecule has 0 aromatic heterocycles. The van der Waals surface area contributed by atoms with Gasteiger partial charge in [-0.05, 0) is 17.7 Å². The van der Waals surface area contributed by atoms with Crippen LogP contribution >= 0.6 is 0 Å². The molecule has 0 radical (unpaired) electrons. The van der Waals surface area contributed by atoms with E-state index in [1.807, 2.05) is 25.7 Å². The molecular weight excluding hydrogens is 496 g/mol. The topological polar surface area (TPSA) is 106 Å². The number of hydrogen-bond acceptors (Lipinski definition) is 7. The van der Waals surface area contributed by atoms with E-state index in [0.29, 0.717) is 5.56 Å². The highest BCUT2D eigenvalue weighted by molar-refractivity contribution is 6.83. The van der Waals surface area contributed by atoms with Crippen LogP contribution in [-0.4, -0.2) is 34.2 Å². The standard InChI is InChI=1S/C27H25F2N3O4Si/c1-35-26(33)21-20(16-9-7-6-8-10-16)18(15-30)25(31)32(24(21)27(34)36-2)19-12-11-17(22(28)23(19)29)13-14-37(3,4)5/h6-12,20H,31H2,1-5H3. The van der Waals surface area contributed by atoms with E-state index in [2.05, 4.69) is 11.5 Å². The molecule has 7 nitrogen and oxygen atoms in total. The molecular formula is C27H25F2N3O4Si. The van der Waals surface area contributed by atoms with Crippen molar-refractivity contribution in [1.82, 2.24) is 0 Å². The number of nitriles is 1. The molecule has 0 saturated heterocycles. The van der Waals surface area contributed by atoms with E-state index < -0.39 is 48.9 Å². The van der Waals surface area contributed by atoms with Gasteiger partial charge in [0.25, 0.3) is 0 Å². The second kappa shape index (κ2) is 10.7. The maximum atomic E-state index is 15.5. The van der Waals surface area contributed by atoms with Crippen LogP contribution in [0, 0.1) is 34.4 Å². The minimum Gasteiger partial charge on any atom is -0.466 e. The lowest BCUT2D eigenvalue weighted by Crippen LogP contribution is -2.41. The first-order chi connectivity index (χ1) is 17.5. The Balaban J connectivity index is 2.39. The molecule has 0 saturated carbocycles. The SMILES string of the molecule is COC(=O)C1=C(C(=O)OC)N(c2ccc(C#C[Si](C)(C)C)c(F)c2F)C(N)=C(C#N)C1c1ccccc1. The Morgan fingerprint density at radius 2 is 1.62 bits per heavy atom. The van der Waals surface area contributed by atoms with Crippen molar-refractivity contribution >= 4 is 25.7 Å². The van der Waals surface area contributed by atoms with Gasteiger partial charge in [-0.2, -0.15) is 5.26 Å². The smallest absolute Gasteiger partial charge is 0.355 e. The quantitative estimate of drug-likeness (QED) is 0.367. The highest BCUT2D eigenvalue weighted by Gasteiger charge is 2.43. The third kappa shape index (κ3) is 5.25. The maximum Gasteiger partial charge on any atom is 0.355 e. The van der Waals surface area contributed by atoms with Crippen molar-refractivity contribution in [2.75, 3.05) is 19.1 Å². The Labute approximate surface area is 214 Å². The molecule has 37 heavy (non-hydrogen) atoms. The first-order valence-electron chi connectivity index (χ1n) is 11.1. The van der Waals surface area contributed by atoms with Crippen LogP contribution in [0.3, 0.4) is 0 Å². The monoisotopic (exact) mass is 521 g/mol. The number of rotatable bonds is 4. The fourth-order valence-electron chi connectivity index (χ4n) is 3.83. The molecule has 0 fully saturated rings. The van der Waals surface area contributed by atoms with Gasteiger partial charge in [-0.3, -0.25) is 4.90 Å². The highest BCUT2D eigenvalue weighted by Crippen LogP contribution is 2.44. The minimum absolute atomic E-state index is 0.165. The molecule has 1 aliphatic heterocycles. The van der Waals surface area contributed by atoms with Crippen LogP contribution in [0.25, 0.3) is 0 Å². The summed E-state index contributed by atoms with van der Waals surface area (Å²) in [5.74, 6) is -3.50. The number of benzene rings is 2. The van der Waals surface area contributed by atoms with E-state index in [-0.39, 0.29) is 22.5 Å². The van der Waals surface area contributed by atoms with Crippen molar-refractivity contribution in [1.29, 1.82) is 5.26 Å². The van der Waals surface area contributed by atoms with Crippen LogP contribution in [-0.2, 0) is 19.1 Å². The van der Waals surface area contributed by atoms with Gasteiger partial charge >= 0.3 is 11.9 Å². The number of methoxy groups -OCH3 is 2. The van der Waals surface area contributed by atoms with Gasteiger partial charge in [0.2, 0.25) is 0 Å². The molecule has 10 heteroatoms. The Bertz CT molecular complexity index is 1430. The van der Waals surface area contributed by atoms with Crippen molar-refractivity contribution in [2.45, 2.75) is 25.6 Å². The minimum atomic E-state index is -1.89. The average Bonchev–Trinajstić information content (AvgIpc) is 2.88. The fraction of sp³-hybridized carbons (Fsp3) is 0.222. The number of esters is 2. The summed E-state index contributed by atoms with van der Waals surface area (Å²) in [6.07, 6.45) is 0. The van der Waals surface area contributed by atoms with E-state index >= 15 is 8.78 Å². The summed E-state index contributed by atoms with van der Waals surface area (Å²) >= 11 is 0. The van der Waals surface area contributed by atoms with Gasteiger partial charge in [-0.25, -0.2) is 18.4 Å². The first kappa shape index (κ1) is 27.2. The van der Waals surface area contributed by atoms with Crippen LogP contribution in [0.2, 0.25) is 19.6 Å². The largest absolute Gasteiger partial charge is 0.466 e. The number of hydrogen-bond donors (Lipinski definition) is 1. The van der Waals surface area contributed by atoms with Gasteiger partial charge in [0.1, 0.15) is 19.6 Å². The summed E-state index contributed by atoms with van der Waals surface area (Å²) in [7, 11) is 0.263. The van der Waals surface area contributed by atoms with Gasteiger partial charge in [0.05, 0.1) is 48.6 Å². The number of carbonyl (C=O) groups is 2. The first-order valence-corrected chi connectivity index (χ1v) is 14.6. The second-order valence-electron chi connectivity index (χ2n) is 9.10. The average molecular weight is 522 g/mol. The van der Waals surface area contributed by atoms with Crippen LogP contribution in [0.4, 0.5) is 14.5 Å². The predicted molar refractivity (Wildman–Crippen MR) is 136 cm³/mol. The fourth-order valence-corrected chi connectivity index (χ4v) is 4.34. The van der Waals surface area contributed by atoms with E-state index in [1.165, 1.54) is 12.1 Å². The highest BCUT2D eigenvalue weighted by atomic mass is 28.3. The molecule has 2 N–H and O–H groups in total. The van der Waals surface area contributed by atoms with Gasteiger partial charge in [-0.15, -0.1) is 5.54 Å². The molecule has 0 bridgehead atoms. The molecule has 190 valence electrons. The van der Waals surface area contributed by atoms with Crippen molar-refractivity contribution in [2.24, 2.45) is 5.73 Å². The van der Waals surface area contributed by atoms with Gasteiger partial charge < -0.3 is 15.2 Å². The molecule has 0 aliphatic carbocycles. The number of nitrogens with two attached hydrogens (primary N) is 1. The number of allylic oxidation sites excluding steroid dienone is 1. The lowest BCUT2D eigenvalue weighted by molar-refractivity contribution is -0.139. The Hall–Kier alpha value is -4.41. The van der Waals surface area contributed by atoms with Crippen molar-refractivity contribution in [3.8, 4) is 17.5 Å². The summed E-state index contributed by atoms with van der Waals surface area (Å²) in [5, 5.41) is 10.0. The van der Waals surface area contributed by atoms with E-state index in [0.717, 1.165) is 19.1 Å². The van der Waals surface area contributed by atoms with Crippen LogP contribution < -0.4 is 10.6 Å². The summed E-state index contributed by atoms with van der Waals surface area (Å²) < 4.78 is 40.5. The van der Waals surface area contributed by atoms with Crippen molar-refractivity contribution in [3.05, 3.63) is 87.9 Å². The number of nitrogens with zero attached hydrogens (tertiary/aromatic N) is 2. The third-order valence-electron chi connectivity index (χ3n) is 5.49. The Morgan fingerprint density at radius 1 is 1.00 bits per heavy atom. The Morgan fingerprint density at radius 3 is 2.16 bits per heavy atom. The van der Waals surface area contributed by atoms with Gasteiger partial charge in [0.15, 0.2) is 11.6 Å². The predicted octanol–water partition coefficient (Wildman–Crippen LogP) is 4.09. The molecule has 3 rings (SSSR count). The summed E-state index contributed by atoms with van der Waals surface area (Å²) in [6, 6.07) is 12.7.